The van der Waals surface area contributed by atoms with Gasteiger partial charge in [0.1, 0.15) is 17.7 Å². The van der Waals surface area contributed by atoms with E-state index in [4.69, 9.17) is 4.74 Å². The second kappa shape index (κ2) is 7.79. The van der Waals surface area contributed by atoms with Crippen LogP contribution in [0.4, 0.5) is 4.39 Å². The van der Waals surface area contributed by atoms with Crippen molar-refractivity contribution in [2.75, 3.05) is 13.1 Å². The van der Waals surface area contributed by atoms with Crippen LogP contribution in [0, 0.1) is 12.7 Å². The van der Waals surface area contributed by atoms with Crippen LogP contribution in [0.25, 0.3) is 0 Å². The fraction of sp³-hybridized carbons (Fsp3) is 0.333. The van der Waals surface area contributed by atoms with Gasteiger partial charge in [0, 0.05) is 12.6 Å². The summed E-state index contributed by atoms with van der Waals surface area (Å²) in [4.78, 5) is 0. The molecule has 2 nitrogen and oxygen atoms in total. The van der Waals surface area contributed by atoms with Crippen LogP contribution in [-0.4, -0.2) is 13.1 Å². The Morgan fingerprint density at radius 1 is 1.14 bits per heavy atom. The highest BCUT2D eigenvalue weighted by Crippen LogP contribution is 2.23. The molecule has 0 fully saturated rings. The van der Waals surface area contributed by atoms with Gasteiger partial charge in [-0.15, -0.1) is 0 Å². The maximum Gasteiger partial charge on any atom is 0.136 e. The molecule has 0 amide bonds. The van der Waals surface area contributed by atoms with Gasteiger partial charge in [-0.2, -0.15) is 0 Å². The summed E-state index contributed by atoms with van der Waals surface area (Å²) in [7, 11) is 0. The molecule has 1 atom stereocenters. The SMILES string of the molecule is CCCNCC(Oc1ccc(C)c(F)c1)c1ccccc1. The Bertz CT molecular complexity index is 556. The number of aryl methyl sites for hydroxylation is 1. The van der Waals surface area contributed by atoms with E-state index < -0.39 is 0 Å². The Labute approximate surface area is 126 Å². The van der Waals surface area contributed by atoms with Crippen LogP contribution in [0.2, 0.25) is 0 Å². The molecule has 2 aromatic rings. The summed E-state index contributed by atoms with van der Waals surface area (Å²) < 4.78 is 19.6. The van der Waals surface area contributed by atoms with E-state index >= 15 is 0 Å². The molecule has 0 saturated heterocycles. The van der Waals surface area contributed by atoms with E-state index in [2.05, 4.69) is 12.2 Å². The molecule has 2 rings (SSSR count). The molecule has 0 aliphatic heterocycles. The van der Waals surface area contributed by atoms with Crippen LogP contribution in [0.1, 0.15) is 30.6 Å². The van der Waals surface area contributed by atoms with Gasteiger partial charge in [-0.1, -0.05) is 43.3 Å². The highest BCUT2D eigenvalue weighted by molar-refractivity contribution is 5.29. The first-order valence-electron chi connectivity index (χ1n) is 7.39. The van der Waals surface area contributed by atoms with Crippen molar-refractivity contribution in [3.8, 4) is 5.75 Å². The number of ether oxygens (including phenoxy) is 1. The van der Waals surface area contributed by atoms with Crippen LogP contribution in [0.5, 0.6) is 5.75 Å². The normalized spacial score (nSPS) is 12.1. The monoisotopic (exact) mass is 287 g/mol. The number of rotatable bonds is 7. The lowest BCUT2D eigenvalue weighted by Gasteiger charge is -2.20. The summed E-state index contributed by atoms with van der Waals surface area (Å²) in [6.07, 6.45) is 0.945. The predicted octanol–water partition coefficient (Wildman–Crippen LogP) is 4.25. The number of halogens is 1. The van der Waals surface area contributed by atoms with E-state index in [0.717, 1.165) is 18.5 Å². The van der Waals surface area contributed by atoms with E-state index in [9.17, 15) is 4.39 Å². The van der Waals surface area contributed by atoms with E-state index in [-0.39, 0.29) is 11.9 Å². The van der Waals surface area contributed by atoms with Gasteiger partial charge in [-0.25, -0.2) is 4.39 Å². The minimum atomic E-state index is -0.235. The second-order valence-electron chi connectivity index (χ2n) is 5.13. The van der Waals surface area contributed by atoms with Crippen LogP contribution < -0.4 is 10.1 Å². The van der Waals surface area contributed by atoms with Crippen molar-refractivity contribution in [1.82, 2.24) is 5.32 Å². The lowest BCUT2D eigenvalue weighted by atomic mass is 10.1. The first-order valence-corrected chi connectivity index (χ1v) is 7.39. The predicted molar refractivity (Wildman–Crippen MR) is 84.1 cm³/mol. The Hall–Kier alpha value is -1.87. The third-order valence-corrected chi connectivity index (χ3v) is 3.35. The molecule has 0 bridgehead atoms. The maximum absolute atomic E-state index is 13.6. The minimum absolute atomic E-state index is 0.125. The largest absolute Gasteiger partial charge is 0.484 e. The van der Waals surface area contributed by atoms with Crippen LogP contribution >= 0.6 is 0 Å². The zero-order valence-electron chi connectivity index (χ0n) is 12.6. The van der Waals surface area contributed by atoms with Crippen molar-refractivity contribution in [3.05, 3.63) is 65.5 Å². The quantitative estimate of drug-likeness (QED) is 0.769. The second-order valence-corrected chi connectivity index (χ2v) is 5.13. The molecule has 112 valence electrons. The molecule has 0 heterocycles. The summed E-state index contributed by atoms with van der Waals surface area (Å²) in [5.41, 5.74) is 1.71. The third-order valence-electron chi connectivity index (χ3n) is 3.35. The van der Waals surface area contributed by atoms with Crippen molar-refractivity contribution in [2.45, 2.75) is 26.4 Å². The van der Waals surface area contributed by atoms with Gasteiger partial charge in [0.05, 0.1) is 0 Å². The molecule has 0 aromatic heterocycles. The molecular formula is C18H22FNO. The number of hydrogen-bond donors (Lipinski definition) is 1. The first-order chi connectivity index (χ1) is 10.2. The van der Waals surface area contributed by atoms with Crippen LogP contribution in [-0.2, 0) is 0 Å². The highest BCUT2D eigenvalue weighted by Gasteiger charge is 2.13. The van der Waals surface area contributed by atoms with E-state index in [1.807, 2.05) is 36.4 Å². The summed E-state index contributed by atoms with van der Waals surface area (Å²) in [6, 6.07) is 15.0. The summed E-state index contributed by atoms with van der Waals surface area (Å²) in [6.45, 7) is 5.51. The molecule has 0 spiro atoms. The standard InChI is InChI=1S/C18H22FNO/c1-3-11-20-13-18(15-7-5-4-6-8-15)21-16-10-9-14(2)17(19)12-16/h4-10,12,18,20H,3,11,13H2,1-2H3. The van der Waals surface area contributed by atoms with Crippen molar-refractivity contribution >= 4 is 0 Å². The zero-order chi connectivity index (χ0) is 15.1. The van der Waals surface area contributed by atoms with E-state index in [1.54, 1.807) is 13.0 Å². The Morgan fingerprint density at radius 2 is 1.90 bits per heavy atom. The Kier molecular flexibility index (Phi) is 5.76. The number of benzene rings is 2. The molecule has 2 aromatic carbocycles. The molecule has 1 N–H and O–H groups in total. The third kappa shape index (κ3) is 4.57. The fourth-order valence-corrected chi connectivity index (χ4v) is 2.12. The minimum Gasteiger partial charge on any atom is -0.484 e. The number of hydrogen-bond acceptors (Lipinski definition) is 2. The van der Waals surface area contributed by atoms with Gasteiger partial charge in [0.25, 0.3) is 0 Å². The molecule has 0 aliphatic rings. The van der Waals surface area contributed by atoms with Gasteiger partial charge in [-0.3, -0.25) is 0 Å². The Morgan fingerprint density at radius 3 is 2.57 bits per heavy atom. The summed E-state index contributed by atoms with van der Waals surface area (Å²) >= 11 is 0. The van der Waals surface area contributed by atoms with Gasteiger partial charge < -0.3 is 10.1 Å². The molecular weight excluding hydrogens is 265 g/mol. The van der Waals surface area contributed by atoms with Crippen LogP contribution in [0.15, 0.2) is 48.5 Å². The van der Waals surface area contributed by atoms with Crippen molar-refractivity contribution in [3.63, 3.8) is 0 Å². The van der Waals surface area contributed by atoms with E-state index in [1.165, 1.54) is 6.07 Å². The molecule has 21 heavy (non-hydrogen) atoms. The fourth-order valence-electron chi connectivity index (χ4n) is 2.12. The molecule has 3 heteroatoms. The van der Waals surface area contributed by atoms with Gasteiger partial charge in [0.2, 0.25) is 0 Å². The number of nitrogens with one attached hydrogen (secondary N) is 1. The molecule has 0 aliphatic carbocycles. The smallest absolute Gasteiger partial charge is 0.136 e. The van der Waals surface area contributed by atoms with Crippen molar-refractivity contribution in [2.24, 2.45) is 0 Å². The molecule has 1 unspecified atom stereocenters. The van der Waals surface area contributed by atoms with Gasteiger partial charge >= 0.3 is 0 Å². The van der Waals surface area contributed by atoms with Crippen molar-refractivity contribution < 1.29 is 9.13 Å². The summed E-state index contributed by atoms with van der Waals surface area (Å²) in [5, 5.41) is 3.36. The van der Waals surface area contributed by atoms with E-state index in [0.29, 0.717) is 17.9 Å². The maximum atomic E-state index is 13.6. The zero-order valence-corrected chi connectivity index (χ0v) is 12.6. The average molecular weight is 287 g/mol. The Balaban J connectivity index is 2.13. The molecule has 0 saturated carbocycles. The average Bonchev–Trinajstić information content (AvgIpc) is 2.51. The van der Waals surface area contributed by atoms with Gasteiger partial charge in [-0.05, 0) is 37.1 Å². The first kappa shape index (κ1) is 15.5. The lowest BCUT2D eigenvalue weighted by molar-refractivity contribution is 0.201. The molecule has 0 radical (unpaired) electrons. The van der Waals surface area contributed by atoms with Crippen LogP contribution in [0.3, 0.4) is 0 Å². The topological polar surface area (TPSA) is 21.3 Å². The van der Waals surface area contributed by atoms with Gasteiger partial charge in [0.15, 0.2) is 0 Å². The highest BCUT2D eigenvalue weighted by atomic mass is 19.1. The van der Waals surface area contributed by atoms with Crippen molar-refractivity contribution in [1.29, 1.82) is 0 Å². The lowest BCUT2D eigenvalue weighted by Crippen LogP contribution is -2.25. The summed E-state index contributed by atoms with van der Waals surface area (Å²) in [5.74, 6) is 0.325.